The van der Waals surface area contributed by atoms with E-state index in [1.54, 1.807) is 38.1 Å². The highest BCUT2D eigenvalue weighted by Gasteiger charge is 2.19. The molecule has 7 heteroatoms. The number of Topliss-reactive ketones (excluding diaryl/α,β-unsaturated/α-hetero) is 1. The Morgan fingerprint density at radius 3 is 2.39 bits per heavy atom. The van der Waals surface area contributed by atoms with Gasteiger partial charge in [-0.1, -0.05) is 18.5 Å². The van der Waals surface area contributed by atoms with Gasteiger partial charge in [-0.15, -0.1) is 0 Å². The Kier molecular flexibility index (Phi) is 8.11. The largest absolute Gasteiger partial charge is 0.490 e. The number of benzene rings is 1. The molecule has 0 fully saturated rings. The van der Waals surface area contributed by atoms with E-state index in [1.165, 1.54) is 0 Å². The van der Waals surface area contributed by atoms with E-state index in [9.17, 15) is 14.4 Å². The first-order valence-corrected chi connectivity index (χ1v) is 7.58. The van der Waals surface area contributed by atoms with Crippen LogP contribution < -0.4 is 4.74 Å². The second-order valence-electron chi connectivity index (χ2n) is 4.81. The summed E-state index contributed by atoms with van der Waals surface area (Å²) in [7, 11) is 0. The second kappa shape index (κ2) is 9.84. The van der Waals surface area contributed by atoms with Gasteiger partial charge < -0.3 is 14.2 Å². The molecule has 0 saturated heterocycles. The van der Waals surface area contributed by atoms with Crippen molar-refractivity contribution in [1.29, 1.82) is 0 Å². The molecule has 1 unspecified atom stereocenters. The molecule has 1 rings (SSSR count). The van der Waals surface area contributed by atoms with Crippen LogP contribution in [0.4, 0.5) is 0 Å². The highest BCUT2D eigenvalue weighted by atomic mass is 35.5. The molecule has 0 aliphatic carbocycles. The van der Waals surface area contributed by atoms with Crippen molar-refractivity contribution in [1.82, 2.24) is 0 Å². The average Bonchev–Trinajstić information content (AvgIpc) is 2.52. The van der Waals surface area contributed by atoms with Gasteiger partial charge in [-0.3, -0.25) is 9.59 Å². The van der Waals surface area contributed by atoms with Gasteiger partial charge in [0.1, 0.15) is 11.9 Å². The zero-order valence-electron chi connectivity index (χ0n) is 13.0. The summed E-state index contributed by atoms with van der Waals surface area (Å²) in [5.74, 6) is -1.96. The van der Waals surface area contributed by atoms with Crippen LogP contribution in [-0.4, -0.2) is 37.0 Å². The fraction of sp³-hybridized carbons (Fsp3) is 0.438. The molecule has 6 nitrogen and oxygen atoms in total. The maximum atomic E-state index is 11.6. The van der Waals surface area contributed by atoms with Crippen molar-refractivity contribution >= 4 is 29.3 Å². The summed E-state index contributed by atoms with van der Waals surface area (Å²) < 4.78 is 14.9. The van der Waals surface area contributed by atoms with Crippen LogP contribution in [0, 0.1) is 0 Å². The molecule has 1 atom stereocenters. The van der Waals surface area contributed by atoms with Crippen LogP contribution in [0.15, 0.2) is 24.3 Å². The first kappa shape index (κ1) is 19.0. The lowest BCUT2D eigenvalue weighted by atomic mass is 10.3. The molecule has 0 amide bonds. The smallest absolute Gasteiger partial charge is 0.378 e. The summed E-state index contributed by atoms with van der Waals surface area (Å²) >= 11 is 5.76. The average molecular weight is 343 g/mol. The first-order chi connectivity index (χ1) is 10.9. The minimum absolute atomic E-state index is 0.0556. The summed E-state index contributed by atoms with van der Waals surface area (Å²) in [4.78, 5) is 34.2. The minimum Gasteiger partial charge on any atom is -0.490 e. The van der Waals surface area contributed by atoms with E-state index in [0.29, 0.717) is 17.2 Å². The lowest BCUT2D eigenvalue weighted by molar-refractivity contribution is -0.159. The molecule has 23 heavy (non-hydrogen) atoms. The van der Waals surface area contributed by atoms with Gasteiger partial charge in [0.15, 0.2) is 6.61 Å². The van der Waals surface area contributed by atoms with Crippen LogP contribution in [0.5, 0.6) is 5.75 Å². The fourth-order valence-electron chi connectivity index (χ4n) is 1.56. The van der Waals surface area contributed by atoms with E-state index in [4.69, 9.17) is 21.1 Å². The molecule has 1 aromatic rings. The number of carbonyl (C=O) groups is 3. The molecule has 0 N–H and O–H groups in total. The van der Waals surface area contributed by atoms with Gasteiger partial charge in [-0.25, -0.2) is 4.79 Å². The number of hydrogen-bond acceptors (Lipinski definition) is 6. The monoisotopic (exact) mass is 342 g/mol. The normalized spacial score (nSPS) is 11.4. The molecule has 1 aromatic carbocycles. The Morgan fingerprint density at radius 1 is 1.13 bits per heavy atom. The zero-order valence-corrected chi connectivity index (χ0v) is 13.8. The van der Waals surface area contributed by atoms with E-state index >= 15 is 0 Å². The molecular formula is C16H19ClO6. The molecule has 0 radical (unpaired) electrons. The lowest BCUT2D eigenvalue weighted by Gasteiger charge is -2.14. The van der Waals surface area contributed by atoms with Crippen LogP contribution >= 0.6 is 11.6 Å². The first-order valence-electron chi connectivity index (χ1n) is 7.20. The van der Waals surface area contributed by atoms with E-state index in [1.807, 2.05) is 0 Å². The van der Waals surface area contributed by atoms with Crippen molar-refractivity contribution in [2.75, 3.05) is 13.2 Å². The van der Waals surface area contributed by atoms with Gasteiger partial charge in [-0.05, 0) is 37.6 Å². The van der Waals surface area contributed by atoms with Crippen molar-refractivity contribution in [3.63, 3.8) is 0 Å². The summed E-state index contributed by atoms with van der Waals surface area (Å²) in [6.45, 7) is 3.02. The standard InChI is InChI=1S/C16H19ClO6/c1-3-8-21-16(20)14(18)10-22-15(19)9-11(2)23-13-6-4-12(17)5-7-13/h4-7,11H,3,8-10H2,1-2H3. The number of ketones is 1. The van der Waals surface area contributed by atoms with Crippen molar-refractivity contribution in [2.24, 2.45) is 0 Å². The van der Waals surface area contributed by atoms with Crippen LogP contribution in [0.3, 0.4) is 0 Å². The van der Waals surface area contributed by atoms with Crippen LogP contribution in [-0.2, 0) is 23.9 Å². The molecule has 0 aromatic heterocycles. The maximum absolute atomic E-state index is 11.6. The van der Waals surface area contributed by atoms with E-state index in [2.05, 4.69) is 4.74 Å². The highest BCUT2D eigenvalue weighted by Crippen LogP contribution is 2.17. The molecule has 0 saturated carbocycles. The van der Waals surface area contributed by atoms with Crippen molar-refractivity contribution in [3.05, 3.63) is 29.3 Å². The van der Waals surface area contributed by atoms with Crippen LogP contribution in [0.2, 0.25) is 5.02 Å². The minimum atomic E-state index is -0.995. The van der Waals surface area contributed by atoms with Crippen LogP contribution in [0.25, 0.3) is 0 Å². The third kappa shape index (κ3) is 7.65. The van der Waals surface area contributed by atoms with Gasteiger partial charge in [0.05, 0.1) is 13.0 Å². The van der Waals surface area contributed by atoms with E-state index < -0.39 is 30.4 Å². The summed E-state index contributed by atoms with van der Waals surface area (Å²) in [6.07, 6.45) is 0.101. The number of halogens is 1. The van der Waals surface area contributed by atoms with Crippen LogP contribution in [0.1, 0.15) is 26.7 Å². The predicted octanol–water partition coefficient (Wildman–Crippen LogP) is 2.56. The van der Waals surface area contributed by atoms with Gasteiger partial charge >= 0.3 is 11.9 Å². The molecule has 0 spiro atoms. The summed E-state index contributed by atoms with van der Waals surface area (Å²) in [6, 6.07) is 6.69. The molecule has 0 aliphatic heterocycles. The highest BCUT2D eigenvalue weighted by molar-refractivity contribution is 6.34. The number of esters is 2. The Balaban J connectivity index is 2.31. The van der Waals surface area contributed by atoms with Gasteiger partial charge in [0, 0.05) is 5.02 Å². The maximum Gasteiger partial charge on any atom is 0.378 e. The Morgan fingerprint density at radius 2 is 1.78 bits per heavy atom. The third-order valence-electron chi connectivity index (χ3n) is 2.63. The summed E-state index contributed by atoms with van der Waals surface area (Å²) in [5, 5.41) is 0.581. The number of hydrogen-bond donors (Lipinski definition) is 0. The topological polar surface area (TPSA) is 78.9 Å². The fourth-order valence-corrected chi connectivity index (χ4v) is 1.69. The molecular weight excluding hydrogens is 324 g/mol. The Hall–Kier alpha value is -2.08. The van der Waals surface area contributed by atoms with Gasteiger partial charge in [0.25, 0.3) is 5.78 Å². The second-order valence-corrected chi connectivity index (χ2v) is 5.24. The van der Waals surface area contributed by atoms with Crippen molar-refractivity contribution in [2.45, 2.75) is 32.8 Å². The quantitative estimate of drug-likeness (QED) is 0.507. The Bertz CT molecular complexity index is 540. The molecule has 0 bridgehead atoms. The van der Waals surface area contributed by atoms with Gasteiger partial charge in [-0.2, -0.15) is 0 Å². The third-order valence-corrected chi connectivity index (χ3v) is 2.89. The lowest BCUT2D eigenvalue weighted by Crippen LogP contribution is -2.26. The number of carbonyl (C=O) groups excluding carboxylic acids is 3. The predicted molar refractivity (Wildman–Crippen MR) is 83.4 cm³/mol. The Labute approximate surface area is 139 Å². The van der Waals surface area contributed by atoms with Gasteiger partial charge in [0.2, 0.25) is 0 Å². The van der Waals surface area contributed by atoms with E-state index in [0.717, 1.165) is 0 Å². The van der Waals surface area contributed by atoms with Crippen molar-refractivity contribution < 1.29 is 28.6 Å². The number of rotatable bonds is 9. The zero-order chi connectivity index (χ0) is 17.2. The van der Waals surface area contributed by atoms with E-state index in [-0.39, 0.29) is 13.0 Å². The summed E-state index contributed by atoms with van der Waals surface area (Å²) in [5.41, 5.74) is 0. The SMILES string of the molecule is CCCOC(=O)C(=O)COC(=O)CC(C)Oc1ccc(Cl)cc1. The number of ether oxygens (including phenoxy) is 3. The molecule has 126 valence electrons. The molecule has 0 aliphatic rings. The van der Waals surface area contributed by atoms with Crippen molar-refractivity contribution in [3.8, 4) is 5.75 Å². The molecule has 0 heterocycles.